The number of pyridine rings is 1. The summed E-state index contributed by atoms with van der Waals surface area (Å²) < 4.78 is 1.60. The Kier molecular flexibility index (Phi) is 3.23. The third-order valence-electron chi connectivity index (χ3n) is 2.21. The monoisotopic (exact) mass is 229 g/mol. The number of azide groups is 1. The molecule has 0 unspecified atom stereocenters. The van der Waals surface area contributed by atoms with Gasteiger partial charge in [-0.15, -0.1) is 0 Å². The Morgan fingerprint density at radius 2 is 2.29 bits per heavy atom. The average molecular weight is 229 g/mol. The summed E-state index contributed by atoms with van der Waals surface area (Å²) in [5.41, 5.74) is 15.5. The highest BCUT2D eigenvalue weighted by Crippen LogP contribution is 2.17. The molecule has 2 aromatic heterocycles. The van der Waals surface area contributed by atoms with Crippen LogP contribution in [0, 0.1) is 0 Å². The lowest BCUT2D eigenvalue weighted by Gasteiger charge is -1.99. The minimum absolute atomic E-state index is 0.323. The zero-order valence-electron chi connectivity index (χ0n) is 9.06. The summed E-state index contributed by atoms with van der Waals surface area (Å²) in [6, 6.07) is 7.33. The second-order valence-electron chi connectivity index (χ2n) is 3.35. The number of aromatic nitrogens is 3. The number of nitrogens with zero attached hydrogens (tertiary/aromatic N) is 6. The van der Waals surface area contributed by atoms with Gasteiger partial charge in [0.1, 0.15) is 11.5 Å². The van der Waals surface area contributed by atoms with Crippen LogP contribution in [0.3, 0.4) is 0 Å². The van der Waals surface area contributed by atoms with E-state index < -0.39 is 0 Å². The first-order chi connectivity index (χ1) is 8.31. The maximum Gasteiger partial charge on any atom is 0.122 e. The molecule has 2 heterocycles. The van der Waals surface area contributed by atoms with Gasteiger partial charge in [-0.1, -0.05) is 11.2 Å². The number of hydrogen-bond acceptors (Lipinski definition) is 4. The Labute approximate surface area is 97.5 Å². The van der Waals surface area contributed by atoms with Gasteiger partial charge in [0, 0.05) is 30.3 Å². The standard InChI is InChI=1S/C10H11N7/c11-10-7-9(8-3-1-2-4-13-8)15-17(10)6-5-14-16-12/h1-4,7H,5-6,11H2. The van der Waals surface area contributed by atoms with Crippen LogP contribution in [0.4, 0.5) is 5.82 Å². The third-order valence-corrected chi connectivity index (χ3v) is 2.21. The Bertz CT molecular complexity index is 539. The summed E-state index contributed by atoms with van der Waals surface area (Å²) in [6.07, 6.45) is 1.70. The van der Waals surface area contributed by atoms with Crippen molar-refractivity contribution in [1.82, 2.24) is 14.8 Å². The summed E-state index contributed by atoms with van der Waals surface area (Å²) in [7, 11) is 0. The maximum atomic E-state index is 8.18. The number of hydrogen-bond donors (Lipinski definition) is 1. The molecule has 2 N–H and O–H groups in total. The quantitative estimate of drug-likeness (QED) is 0.491. The van der Waals surface area contributed by atoms with Gasteiger partial charge < -0.3 is 5.73 Å². The van der Waals surface area contributed by atoms with Crippen molar-refractivity contribution in [1.29, 1.82) is 0 Å². The molecular weight excluding hydrogens is 218 g/mol. The predicted molar refractivity (Wildman–Crippen MR) is 63.9 cm³/mol. The molecule has 0 saturated carbocycles. The smallest absolute Gasteiger partial charge is 0.122 e. The number of rotatable bonds is 4. The van der Waals surface area contributed by atoms with E-state index >= 15 is 0 Å². The van der Waals surface area contributed by atoms with Gasteiger partial charge in [-0.2, -0.15) is 5.10 Å². The fraction of sp³-hybridized carbons (Fsp3) is 0.200. The van der Waals surface area contributed by atoms with Crippen molar-refractivity contribution in [3.05, 3.63) is 40.9 Å². The number of nitrogen functional groups attached to an aromatic ring is 1. The van der Waals surface area contributed by atoms with E-state index in [2.05, 4.69) is 20.1 Å². The molecule has 0 fully saturated rings. The lowest BCUT2D eigenvalue weighted by atomic mass is 10.3. The number of anilines is 1. The fourth-order valence-corrected chi connectivity index (χ4v) is 1.43. The molecule has 0 aliphatic carbocycles. The van der Waals surface area contributed by atoms with Crippen molar-refractivity contribution in [2.45, 2.75) is 6.54 Å². The summed E-state index contributed by atoms with van der Waals surface area (Å²) in [6.45, 7) is 0.784. The molecular formula is C10H11N7. The van der Waals surface area contributed by atoms with Crippen LogP contribution >= 0.6 is 0 Å². The molecule has 2 rings (SSSR count). The fourth-order valence-electron chi connectivity index (χ4n) is 1.43. The van der Waals surface area contributed by atoms with Crippen LogP contribution < -0.4 is 5.73 Å². The summed E-state index contributed by atoms with van der Waals surface area (Å²) >= 11 is 0. The van der Waals surface area contributed by atoms with Crippen molar-refractivity contribution >= 4 is 5.82 Å². The zero-order chi connectivity index (χ0) is 12.1. The van der Waals surface area contributed by atoms with Crippen LogP contribution in [-0.2, 0) is 6.54 Å². The molecule has 0 aliphatic heterocycles. The highest BCUT2D eigenvalue weighted by Gasteiger charge is 2.06. The normalized spacial score (nSPS) is 9.88. The van der Waals surface area contributed by atoms with Crippen molar-refractivity contribution < 1.29 is 0 Å². The van der Waals surface area contributed by atoms with Crippen molar-refractivity contribution in [3.8, 4) is 11.4 Å². The molecule has 0 aromatic carbocycles. The Balaban J connectivity index is 2.21. The minimum Gasteiger partial charge on any atom is -0.384 e. The highest BCUT2D eigenvalue weighted by molar-refractivity contribution is 5.57. The summed E-state index contributed by atoms with van der Waals surface area (Å²) in [5, 5.41) is 7.74. The van der Waals surface area contributed by atoms with Gasteiger partial charge in [0.25, 0.3) is 0 Å². The van der Waals surface area contributed by atoms with Crippen LogP contribution in [0.1, 0.15) is 0 Å². The first kappa shape index (κ1) is 11.0. The van der Waals surface area contributed by atoms with E-state index in [1.807, 2.05) is 18.2 Å². The van der Waals surface area contributed by atoms with E-state index in [4.69, 9.17) is 11.3 Å². The van der Waals surface area contributed by atoms with Crippen molar-refractivity contribution in [2.24, 2.45) is 5.11 Å². The van der Waals surface area contributed by atoms with E-state index in [-0.39, 0.29) is 0 Å². The Hall–Kier alpha value is -2.53. The molecule has 86 valence electrons. The highest BCUT2D eigenvalue weighted by atomic mass is 15.3. The predicted octanol–water partition coefficient (Wildman–Crippen LogP) is 1.84. The molecule has 7 nitrogen and oxygen atoms in total. The zero-order valence-corrected chi connectivity index (χ0v) is 9.06. The van der Waals surface area contributed by atoms with E-state index in [0.29, 0.717) is 24.6 Å². The molecule has 0 bridgehead atoms. The summed E-state index contributed by atoms with van der Waals surface area (Å²) in [5.74, 6) is 0.527. The second-order valence-corrected chi connectivity index (χ2v) is 3.35. The first-order valence-corrected chi connectivity index (χ1v) is 5.07. The van der Waals surface area contributed by atoms with Gasteiger partial charge in [0.15, 0.2) is 0 Å². The molecule has 0 radical (unpaired) electrons. The molecule has 2 aromatic rings. The van der Waals surface area contributed by atoms with Gasteiger partial charge in [-0.05, 0) is 17.7 Å². The topological polar surface area (TPSA) is 105 Å². The second kappa shape index (κ2) is 5.00. The van der Waals surface area contributed by atoms with Crippen LogP contribution in [0.5, 0.6) is 0 Å². The number of nitrogens with two attached hydrogens (primary N) is 1. The largest absolute Gasteiger partial charge is 0.384 e. The average Bonchev–Trinajstić information content (AvgIpc) is 2.73. The van der Waals surface area contributed by atoms with Crippen molar-refractivity contribution in [2.75, 3.05) is 12.3 Å². The van der Waals surface area contributed by atoms with E-state index in [1.165, 1.54) is 0 Å². The molecule has 17 heavy (non-hydrogen) atoms. The van der Waals surface area contributed by atoms with Gasteiger partial charge in [0.05, 0.1) is 5.69 Å². The molecule has 0 atom stereocenters. The molecule has 0 saturated heterocycles. The lowest BCUT2D eigenvalue weighted by molar-refractivity contribution is 0.634. The minimum atomic E-state index is 0.323. The molecule has 0 spiro atoms. The van der Waals surface area contributed by atoms with Crippen LogP contribution in [0.15, 0.2) is 35.6 Å². The molecule has 7 heteroatoms. The van der Waals surface area contributed by atoms with Gasteiger partial charge in [-0.25, -0.2) is 4.68 Å². The van der Waals surface area contributed by atoms with E-state index in [0.717, 1.165) is 5.69 Å². The maximum absolute atomic E-state index is 8.18. The van der Waals surface area contributed by atoms with Gasteiger partial charge >= 0.3 is 0 Å². The third kappa shape index (κ3) is 2.53. The van der Waals surface area contributed by atoms with Crippen LogP contribution in [0.2, 0.25) is 0 Å². The van der Waals surface area contributed by atoms with Gasteiger partial charge in [-0.3, -0.25) is 4.98 Å². The SMILES string of the molecule is [N-]=[N+]=NCCn1nc(-c2ccccn2)cc1N. The van der Waals surface area contributed by atoms with E-state index in [1.54, 1.807) is 16.9 Å². The Morgan fingerprint density at radius 1 is 1.41 bits per heavy atom. The van der Waals surface area contributed by atoms with Crippen LogP contribution in [0.25, 0.3) is 21.8 Å². The van der Waals surface area contributed by atoms with Crippen molar-refractivity contribution in [3.63, 3.8) is 0 Å². The van der Waals surface area contributed by atoms with E-state index in [9.17, 15) is 0 Å². The Morgan fingerprint density at radius 3 is 3.00 bits per heavy atom. The van der Waals surface area contributed by atoms with Gasteiger partial charge in [0.2, 0.25) is 0 Å². The first-order valence-electron chi connectivity index (χ1n) is 5.07. The van der Waals surface area contributed by atoms with Crippen LogP contribution in [-0.4, -0.2) is 21.3 Å². The molecule has 0 amide bonds. The lowest BCUT2D eigenvalue weighted by Crippen LogP contribution is -2.06. The summed E-state index contributed by atoms with van der Waals surface area (Å²) in [4.78, 5) is 6.86. The molecule has 0 aliphatic rings.